The molecule has 1 aliphatic rings. The first-order valence-electron chi connectivity index (χ1n) is 6.88. The highest BCUT2D eigenvalue weighted by atomic mass is 14.9. The fourth-order valence-corrected chi connectivity index (χ4v) is 2.84. The second-order valence-corrected chi connectivity index (χ2v) is 5.64. The first-order chi connectivity index (χ1) is 7.14. The van der Waals surface area contributed by atoms with Crippen LogP contribution in [0.4, 0.5) is 0 Å². The van der Waals surface area contributed by atoms with Gasteiger partial charge in [-0.2, -0.15) is 0 Å². The second kappa shape index (κ2) is 5.89. The summed E-state index contributed by atoms with van der Waals surface area (Å²) >= 11 is 0. The van der Waals surface area contributed by atoms with Crippen molar-refractivity contribution in [3.05, 3.63) is 0 Å². The van der Waals surface area contributed by atoms with Crippen molar-refractivity contribution in [2.45, 2.75) is 72.3 Å². The molecule has 0 amide bonds. The summed E-state index contributed by atoms with van der Waals surface area (Å²) in [6.45, 7) is 10.6. The molecule has 1 aliphatic carbocycles. The van der Waals surface area contributed by atoms with Crippen LogP contribution in [0.2, 0.25) is 0 Å². The maximum absolute atomic E-state index is 3.68. The molecule has 1 heteroatoms. The molecule has 0 bridgehead atoms. The summed E-state index contributed by atoms with van der Waals surface area (Å²) in [4.78, 5) is 0. The Morgan fingerprint density at radius 1 is 1.13 bits per heavy atom. The van der Waals surface area contributed by atoms with E-state index >= 15 is 0 Å². The zero-order valence-corrected chi connectivity index (χ0v) is 11.1. The quantitative estimate of drug-likeness (QED) is 0.640. The summed E-state index contributed by atoms with van der Waals surface area (Å²) in [5.74, 6) is 0.920. The highest BCUT2D eigenvalue weighted by Crippen LogP contribution is 2.53. The Hall–Kier alpha value is -0.0400. The van der Waals surface area contributed by atoms with Crippen molar-refractivity contribution in [3.8, 4) is 0 Å². The van der Waals surface area contributed by atoms with Crippen LogP contribution >= 0.6 is 0 Å². The van der Waals surface area contributed by atoms with Gasteiger partial charge in [0.15, 0.2) is 0 Å². The third kappa shape index (κ3) is 3.79. The summed E-state index contributed by atoms with van der Waals surface area (Å²) in [5, 5.41) is 3.68. The van der Waals surface area contributed by atoms with Crippen LogP contribution in [0.5, 0.6) is 0 Å². The lowest BCUT2D eigenvalue weighted by Crippen LogP contribution is -2.36. The van der Waals surface area contributed by atoms with Crippen LogP contribution in [0.3, 0.4) is 0 Å². The van der Waals surface area contributed by atoms with Crippen LogP contribution < -0.4 is 5.32 Å². The van der Waals surface area contributed by atoms with E-state index in [0.717, 1.165) is 12.0 Å². The van der Waals surface area contributed by atoms with Gasteiger partial charge in [0.05, 0.1) is 0 Å². The van der Waals surface area contributed by atoms with Crippen LogP contribution in [0, 0.1) is 11.3 Å². The molecule has 0 heterocycles. The van der Waals surface area contributed by atoms with Gasteiger partial charge in [-0.25, -0.2) is 0 Å². The van der Waals surface area contributed by atoms with E-state index in [0.29, 0.717) is 5.41 Å². The number of nitrogens with one attached hydrogen (secondary N) is 1. The maximum atomic E-state index is 3.68. The van der Waals surface area contributed by atoms with E-state index in [4.69, 9.17) is 0 Å². The van der Waals surface area contributed by atoms with Crippen LogP contribution in [-0.2, 0) is 0 Å². The van der Waals surface area contributed by atoms with Crippen molar-refractivity contribution in [2.24, 2.45) is 11.3 Å². The summed E-state index contributed by atoms with van der Waals surface area (Å²) in [5.41, 5.74) is 0.670. The molecular weight excluding hydrogens is 182 g/mol. The molecule has 1 nitrogen and oxygen atoms in total. The van der Waals surface area contributed by atoms with Gasteiger partial charge in [-0.3, -0.25) is 0 Å². The van der Waals surface area contributed by atoms with Crippen LogP contribution in [0.1, 0.15) is 66.2 Å². The Labute approximate surface area is 96.0 Å². The molecule has 1 fully saturated rings. The Morgan fingerprint density at radius 2 is 1.80 bits per heavy atom. The second-order valence-electron chi connectivity index (χ2n) is 5.64. The third-order valence-corrected chi connectivity index (χ3v) is 4.05. The highest BCUT2D eigenvalue weighted by Gasteiger charge is 2.47. The van der Waals surface area contributed by atoms with E-state index in [1.807, 2.05) is 0 Å². The van der Waals surface area contributed by atoms with Gasteiger partial charge in [0.1, 0.15) is 0 Å². The van der Waals surface area contributed by atoms with E-state index in [1.165, 1.54) is 45.1 Å². The molecule has 0 aromatic heterocycles. The Morgan fingerprint density at radius 3 is 2.27 bits per heavy atom. The minimum atomic E-state index is 0.670. The lowest BCUT2D eigenvalue weighted by Gasteiger charge is -2.27. The van der Waals surface area contributed by atoms with Crippen molar-refractivity contribution in [3.63, 3.8) is 0 Å². The molecule has 0 aromatic rings. The lowest BCUT2D eigenvalue weighted by molar-refractivity contribution is 0.277. The predicted octanol–water partition coefficient (Wildman–Crippen LogP) is 3.98. The molecule has 1 saturated carbocycles. The Kier molecular flexibility index (Phi) is 5.11. The Balaban J connectivity index is 2.31. The van der Waals surface area contributed by atoms with E-state index in [9.17, 15) is 0 Å². The zero-order valence-electron chi connectivity index (χ0n) is 11.1. The molecule has 2 unspecified atom stereocenters. The van der Waals surface area contributed by atoms with E-state index in [2.05, 4.69) is 33.0 Å². The Bertz CT molecular complexity index is 172. The average Bonchev–Trinajstić information content (AvgIpc) is 2.95. The minimum Gasteiger partial charge on any atom is -0.314 e. The standard InChI is InChI=1S/C14H29N/c1-5-7-12(3)11-14(8-9-14)13(4)15-10-6-2/h12-13,15H,5-11H2,1-4H3. The minimum absolute atomic E-state index is 0.670. The van der Waals surface area contributed by atoms with Gasteiger partial charge in [-0.05, 0) is 50.5 Å². The first kappa shape index (κ1) is 13.0. The van der Waals surface area contributed by atoms with Crippen LogP contribution in [-0.4, -0.2) is 12.6 Å². The molecule has 0 aromatic carbocycles. The molecule has 0 radical (unpaired) electrons. The number of hydrogen-bond donors (Lipinski definition) is 1. The van der Waals surface area contributed by atoms with Gasteiger partial charge in [0.25, 0.3) is 0 Å². The smallest absolute Gasteiger partial charge is 0.00952 e. The van der Waals surface area contributed by atoms with Crippen molar-refractivity contribution in [1.29, 1.82) is 0 Å². The monoisotopic (exact) mass is 211 g/mol. The molecule has 1 N–H and O–H groups in total. The van der Waals surface area contributed by atoms with Crippen molar-refractivity contribution >= 4 is 0 Å². The van der Waals surface area contributed by atoms with E-state index in [1.54, 1.807) is 0 Å². The van der Waals surface area contributed by atoms with E-state index in [-0.39, 0.29) is 0 Å². The normalized spacial score (nSPS) is 22.4. The third-order valence-electron chi connectivity index (χ3n) is 4.05. The van der Waals surface area contributed by atoms with Crippen molar-refractivity contribution in [2.75, 3.05) is 6.54 Å². The zero-order chi connectivity index (χ0) is 11.3. The predicted molar refractivity (Wildman–Crippen MR) is 68.1 cm³/mol. The van der Waals surface area contributed by atoms with Gasteiger partial charge in [0.2, 0.25) is 0 Å². The average molecular weight is 211 g/mol. The van der Waals surface area contributed by atoms with Crippen molar-refractivity contribution in [1.82, 2.24) is 5.32 Å². The molecular formula is C14H29N. The van der Waals surface area contributed by atoms with E-state index < -0.39 is 0 Å². The summed E-state index contributed by atoms with van der Waals surface area (Å²) in [6, 6.07) is 0.733. The molecule has 90 valence electrons. The summed E-state index contributed by atoms with van der Waals surface area (Å²) in [6.07, 6.45) is 8.36. The van der Waals surface area contributed by atoms with Gasteiger partial charge in [0, 0.05) is 6.04 Å². The van der Waals surface area contributed by atoms with Gasteiger partial charge in [-0.1, -0.05) is 33.6 Å². The number of hydrogen-bond acceptors (Lipinski definition) is 1. The highest BCUT2D eigenvalue weighted by molar-refractivity contribution is 5.00. The molecule has 0 aliphatic heterocycles. The molecule has 1 rings (SSSR count). The topological polar surface area (TPSA) is 12.0 Å². The fourth-order valence-electron chi connectivity index (χ4n) is 2.84. The largest absolute Gasteiger partial charge is 0.314 e. The van der Waals surface area contributed by atoms with Crippen LogP contribution in [0.25, 0.3) is 0 Å². The summed E-state index contributed by atoms with van der Waals surface area (Å²) < 4.78 is 0. The lowest BCUT2D eigenvalue weighted by atomic mass is 9.85. The van der Waals surface area contributed by atoms with Gasteiger partial charge >= 0.3 is 0 Å². The molecule has 0 saturated heterocycles. The van der Waals surface area contributed by atoms with Crippen molar-refractivity contribution < 1.29 is 0 Å². The molecule has 15 heavy (non-hydrogen) atoms. The maximum Gasteiger partial charge on any atom is 0.00952 e. The van der Waals surface area contributed by atoms with Gasteiger partial charge < -0.3 is 5.32 Å². The van der Waals surface area contributed by atoms with Gasteiger partial charge in [-0.15, -0.1) is 0 Å². The molecule has 2 atom stereocenters. The first-order valence-corrected chi connectivity index (χ1v) is 6.88. The van der Waals surface area contributed by atoms with Crippen LogP contribution in [0.15, 0.2) is 0 Å². The SMILES string of the molecule is CCCNC(C)C1(CC(C)CCC)CC1. The fraction of sp³-hybridized carbons (Fsp3) is 1.00. The number of rotatable bonds is 8. The summed E-state index contributed by atoms with van der Waals surface area (Å²) in [7, 11) is 0. The molecule has 0 spiro atoms.